The lowest BCUT2D eigenvalue weighted by molar-refractivity contribution is -0.141. The third-order valence-corrected chi connectivity index (χ3v) is 4.17. The third-order valence-electron chi connectivity index (χ3n) is 4.17. The fourth-order valence-electron chi connectivity index (χ4n) is 2.93. The van der Waals surface area contributed by atoms with Gasteiger partial charge >= 0.3 is 6.18 Å². The van der Waals surface area contributed by atoms with Crippen LogP contribution in [0.5, 0.6) is 0 Å². The molecule has 2 aromatic rings. The highest BCUT2D eigenvalue weighted by Gasteiger charge is 2.35. The van der Waals surface area contributed by atoms with E-state index in [-0.39, 0.29) is 18.9 Å². The lowest BCUT2D eigenvalue weighted by Crippen LogP contribution is -2.40. The Balaban J connectivity index is 1.79. The largest absolute Gasteiger partial charge is 0.432 e. The number of imidazole rings is 1. The minimum Gasteiger partial charge on any atom is -0.338 e. The van der Waals surface area contributed by atoms with Crippen molar-refractivity contribution in [3.63, 3.8) is 0 Å². The van der Waals surface area contributed by atoms with Gasteiger partial charge in [0.1, 0.15) is 28.7 Å². The molecule has 1 aliphatic heterocycles. The number of aromatic nitrogens is 2. The Hall–Kier alpha value is -2.45. The molecule has 25 heavy (non-hydrogen) atoms. The maximum absolute atomic E-state index is 13.8. The lowest BCUT2D eigenvalue weighted by atomic mass is 9.96. The summed E-state index contributed by atoms with van der Waals surface area (Å²) in [7, 11) is 0. The number of halogens is 5. The Morgan fingerprint density at radius 3 is 2.52 bits per heavy atom. The first-order valence-corrected chi connectivity index (χ1v) is 7.62. The molecule has 1 fully saturated rings. The van der Waals surface area contributed by atoms with Crippen LogP contribution in [0.2, 0.25) is 0 Å². The molecule has 0 unspecified atom stereocenters. The molecule has 3 rings (SSSR count). The zero-order valence-electron chi connectivity index (χ0n) is 12.9. The molecule has 1 N–H and O–H groups in total. The van der Waals surface area contributed by atoms with Crippen molar-refractivity contribution in [1.82, 2.24) is 14.9 Å². The molecule has 9 heteroatoms. The van der Waals surface area contributed by atoms with Crippen LogP contribution < -0.4 is 0 Å². The number of hydrogen-bond acceptors (Lipinski definition) is 2. The molecule has 134 valence electrons. The quantitative estimate of drug-likeness (QED) is 0.831. The van der Waals surface area contributed by atoms with Gasteiger partial charge in [-0.15, -0.1) is 0 Å². The maximum Gasteiger partial charge on any atom is 0.432 e. The zero-order valence-corrected chi connectivity index (χ0v) is 12.9. The minimum atomic E-state index is -4.54. The Morgan fingerprint density at radius 1 is 1.24 bits per heavy atom. The van der Waals surface area contributed by atoms with Gasteiger partial charge in [0.15, 0.2) is 0 Å². The summed E-state index contributed by atoms with van der Waals surface area (Å²) in [4.78, 5) is 19.6. The molecule has 0 spiro atoms. The summed E-state index contributed by atoms with van der Waals surface area (Å²) in [5.41, 5.74) is -1.62. The Bertz CT molecular complexity index is 766. The van der Waals surface area contributed by atoms with E-state index in [0.717, 1.165) is 18.2 Å². The van der Waals surface area contributed by atoms with Gasteiger partial charge in [0, 0.05) is 19.0 Å². The summed E-state index contributed by atoms with van der Waals surface area (Å²) >= 11 is 0. The number of hydrogen-bond donors (Lipinski definition) is 1. The second kappa shape index (κ2) is 6.45. The Kier molecular flexibility index (Phi) is 4.49. The number of benzene rings is 1. The molecule has 0 saturated carbocycles. The highest BCUT2D eigenvalue weighted by Crippen LogP contribution is 2.31. The number of amides is 1. The summed E-state index contributed by atoms with van der Waals surface area (Å²) in [6.07, 6.45) is -2.82. The van der Waals surface area contributed by atoms with E-state index >= 15 is 0 Å². The highest BCUT2D eigenvalue weighted by molar-refractivity contribution is 5.94. The van der Waals surface area contributed by atoms with Crippen molar-refractivity contribution in [1.29, 1.82) is 0 Å². The van der Waals surface area contributed by atoms with E-state index in [4.69, 9.17) is 0 Å². The summed E-state index contributed by atoms with van der Waals surface area (Å²) in [5, 5.41) is 0. The minimum absolute atomic E-state index is 0.0391. The van der Waals surface area contributed by atoms with Gasteiger partial charge in [0.2, 0.25) is 0 Å². The average molecular weight is 359 g/mol. The first-order chi connectivity index (χ1) is 11.8. The molecule has 1 aromatic heterocycles. The molecule has 0 aliphatic carbocycles. The van der Waals surface area contributed by atoms with Gasteiger partial charge in [0.05, 0.1) is 6.20 Å². The number of rotatable bonds is 2. The Morgan fingerprint density at radius 2 is 1.92 bits per heavy atom. The fourth-order valence-corrected chi connectivity index (χ4v) is 2.93. The van der Waals surface area contributed by atoms with Crippen LogP contribution in [0.4, 0.5) is 22.0 Å². The molecule has 1 aliphatic rings. The van der Waals surface area contributed by atoms with E-state index in [0.29, 0.717) is 19.0 Å². The summed E-state index contributed by atoms with van der Waals surface area (Å²) in [6.45, 7) is 0.313. The lowest BCUT2D eigenvalue weighted by Gasteiger charge is -2.32. The van der Waals surface area contributed by atoms with Gasteiger partial charge in [-0.05, 0) is 25.0 Å². The van der Waals surface area contributed by atoms with Crippen molar-refractivity contribution in [2.24, 2.45) is 0 Å². The van der Waals surface area contributed by atoms with Gasteiger partial charge in [-0.3, -0.25) is 4.79 Å². The van der Waals surface area contributed by atoms with Crippen LogP contribution in [0.1, 0.15) is 40.6 Å². The van der Waals surface area contributed by atoms with E-state index in [1.165, 1.54) is 4.90 Å². The number of alkyl halides is 3. The summed E-state index contributed by atoms with van der Waals surface area (Å²) in [6, 6.07) is 3.13. The van der Waals surface area contributed by atoms with Crippen LogP contribution in [0.15, 0.2) is 24.4 Å². The van der Waals surface area contributed by atoms with Crippen molar-refractivity contribution in [3.8, 4) is 0 Å². The standard InChI is InChI=1S/C16H14F5N3O/c17-10-4-1-5-11(18)13(10)15(25)24-6-2-3-9(8-24)14-22-7-12(23-14)16(19,20)21/h1,4-5,7,9H,2-3,6,8H2,(H,22,23)/t9-/m0/s1. The second-order valence-electron chi connectivity index (χ2n) is 5.87. The van der Waals surface area contributed by atoms with Crippen LogP contribution in [0.25, 0.3) is 0 Å². The van der Waals surface area contributed by atoms with Crippen molar-refractivity contribution >= 4 is 5.91 Å². The molecule has 1 saturated heterocycles. The van der Waals surface area contributed by atoms with Gasteiger partial charge in [-0.1, -0.05) is 6.07 Å². The monoisotopic (exact) mass is 359 g/mol. The number of likely N-dealkylation sites (tertiary alicyclic amines) is 1. The van der Waals surface area contributed by atoms with Crippen molar-refractivity contribution in [3.05, 3.63) is 53.1 Å². The highest BCUT2D eigenvalue weighted by atomic mass is 19.4. The fraction of sp³-hybridized carbons (Fsp3) is 0.375. The molecule has 1 aromatic carbocycles. The second-order valence-corrected chi connectivity index (χ2v) is 5.87. The smallest absolute Gasteiger partial charge is 0.338 e. The predicted molar refractivity (Wildman–Crippen MR) is 77.8 cm³/mol. The zero-order chi connectivity index (χ0) is 18.2. The number of carbonyl (C=O) groups excluding carboxylic acids is 1. The van der Waals surface area contributed by atoms with E-state index in [1.54, 1.807) is 0 Å². The Labute approximate surface area is 139 Å². The molecule has 1 atom stereocenters. The van der Waals surface area contributed by atoms with Crippen molar-refractivity contribution < 1.29 is 26.7 Å². The first-order valence-electron chi connectivity index (χ1n) is 7.62. The molecule has 4 nitrogen and oxygen atoms in total. The number of carbonyl (C=O) groups is 1. The average Bonchev–Trinajstić information content (AvgIpc) is 3.05. The van der Waals surface area contributed by atoms with Crippen molar-refractivity contribution in [2.45, 2.75) is 24.9 Å². The number of H-pyrrole nitrogens is 1. The van der Waals surface area contributed by atoms with Crippen LogP contribution >= 0.6 is 0 Å². The first kappa shape index (κ1) is 17.4. The van der Waals surface area contributed by atoms with Crippen LogP contribution in [0, 0.1) is 11.6 Å². The van der Waals surface area contributed by atoms with E-state index in [2.05, 4.69) is 9.97 Å². The van der Waals surface area contributed by atoms with Crippen molar-refractivity contribution in [2.75, 3.05) is 13.1 Å². The number of aromatic amines is 1. The van der Waals surface area contributed by atoms with E-state index < -0.39 is 40.9 Å². The van der Waals surface area contributed by atoms with Gasteiger partial charge in [0.25, 0.3) is 5.91 Å². The molecule has 2 heterocycles. The molecular formula is C16H14F5N3O. The number of nitrogens with one attached hydrogen (secondary N) is 1. The molecule has 0 bridgehead atoms. The predicted octanol–water partition coefficient (Wildman–Crippen LogP) is 3.73. The molecule has 1 amide bonds. The number of nitrogens with zero attached hydrogens (tertiary/aromatic N) is 2. The molecule has 0 radical (unpaired) electrons. The third kappa shape index (κ3) is 3.49. The van der Waals surface area contributed by atoms with Gasteiger partial charge < -0.3 is 9.88 Å². The molecular weight excluding hydrogens is 345 g/mol. The van der Waals surface area contributed by atoms with Gasteiger partial charge in [-0.25, -0.2) is 13.8 Å². The van der Waals surface area contributed by atoms with E-state index in [9.17, 15) is 26.7 Å². The maximum atomic E-state index is 13.8. The summed E-state index contributed by atoms with van der Waals surface area (Å²) in [5.74, 6) is -3.10. The van der Waals surface area contributed by atoms with Gasteiger partial charge in [-0.2, -0.15) is 13.2 Å². The van der Waals surface area contributed by atoms with Crippen LogP contribution in [0.3, 0.4) is 0 Å². The van der Waals surface area contributed by atoms with Crippen LogP contribution in [-0.2, 0) is 6.18 Å². The normalized spacial score (nSPS) is 18.4. The topological polar surface area (TPSA) is 49.0 Å². The SMILES string of the molecule is O=C(c1c(F)cccc1F)N1CCC[C@H](c2ncc(C(F)(F)F)[nH]2)C1. The number of piperidine rings is 1. The van der Waals surface area contributed by atoms with Crippen LogP contribution in [-0.4, -0.2) is 33.9 Å². The summed E-state index contributed by atoms with van der Waals surface area (Å²) < 4.78 is 65.6. The van der Waals surface area contributed by atoms with E-state index in [1.807, 2.05) is 0 Å².